The number of rotatable bonds is 4. The lowest BCUT2D eigenvalue weighted by Gasteiger charge is -2.09. The number of aliphatic carboxylic acids is 1. The van der Waals surface area contributed by atoms with E-state index in [1.165, 1.54) is 6.07 Å². The summed E-state index contributed by atoms with van der Waals surface area (Å²) in [5, 5.41) is 10.7. The van der Waals surface area contributed by atoms with E-state index >= 15 is 0 Å². The Labute approximate surface area is 85.0 Å². The van der Waals surface area contributed by atoms with Gasteiger partial charge in [0, 0.05) is 5.70 Å². The number of carbonyl (C=O) groups is 1. The van der Waals surface area contributed by atoms with Gasteiger partial charge in [0.05, 0.1) is 5.56 Å². The zero-order chi connectivity index (χ0) is 11.4. The average Bonchev–Trinajstić information content (AvgIpc) is 2.14. The minimum absolute atomic E-state index is 0.0898. The van der Waals surface area contributed by atoms with E-state index in [1.807, 2.05) is 0 Å². The molecule has 3 nitrogen and oxygen atoms in total. The van der Waals surface area contributed by atoms with Crippen molar-refractivity contribution >= 4 is 11.7 Å². The van der Waals surface area contributed by atoms with Crippen molar-refractivity contribution in [2.75, 3.05) is 6.54 Å². The first-order chi connectivity index (χ1) is 7.02. The summed E-state index contributed by atoms with van der Waals surface area (Å²) in [5.41, 5.74) is -0.424. The molecule has 80 valence electrons. The Morgan fingerprint density at radius 1 is 1.40 bits per heavy atom. The fourth-order valence-corrected chi connectivity index (χ4v) is 1.06. The number of hydrogen-bond acceptors (Lipinski definition) is 2. The zero-order valence-electron chi connectivity index (χ0n) is 7.76. The van der Waals surface area contributed by atoms with Gasteiger partial charge in [-0.15, -0.1) is 0 Å². The summed E-state index contributed by atoms with van der Waals surface area (Å²) in [6.45, 7) is 2.93. The van der Waals surface area contributed by atoms with Crippen LogP contribution in [0.3, 0.4) is 0 Å². The first-order valence-corrected chi connectivity index (χ1v) is 4.11. The lowest BCUT2D eigenvalue weighted by Crippen LogP contribution is -2.21. The van der Waals surface area contributed by atoms with Crippen molar-refractivity contribution in [2.45, 2.75) is 0 Å². The van der Waals surface area contributed by atoms with Crippen LogP contribution in [0.2, 0.25) is 0 Å². The molecular weight excluding hydrogens is 204 g/mol. The molecule has 2 N–H and O–H groups in total. The first-order valence-electron chi connectivity index (χ1n) is 4.11. The van der Waals surface area contributed by atoms with E-state index in [0.717, 1.165) is 12.1 Å². The number of carboxylic acid groups (broad SMARTS) is 1. The third-order valence-corrected chi connectivity index (χ3v) is 1.72. The molecule has 0 radical (unpaired) electrons. The Morgan fingerprint density at radius 3 is 2.40 bits per heavy atom. The van der Waals surface area contributed by atoms with Gasteiger partial charge < -0.3 is 10.4 Å². The van der Waals surface area contributed by atoms with Gasteiger partial charge in [0.2, 0.25) is 0 Å². The zero-order valence-corrected chi connectivity index (χ0v) is 7.76. The third-order valence-electron chi connectivity index (χ3n) is 1.72. The molecule has 0 spiro atoms. The van der Waals surface area contributed by atoms with Crippen LogP contribution in [0.5, 0.6) is 0 Å². The molecule has 0 aromatic heterocycles. The maximum Gasteiger partial charge on any atom is 0.322 e. The highest BCUT2D eigenvalue weighted by atomic mass is 19.1. The van der Waals surface area contributed by atoms with Crippen molar-refractivity contribution in [1.29, 1.82) is 0 Å². The smallest absolute Gasteiger partial charge is 0.322 e. The molecule has 0 amide bonds. The fraction of sp³-hybridized carbons (Fsp3) is 0.100. The molecule has 0 saturated heterocycles. The van der Waals surface area contributed by atoms with E-state index in [9.17, 15) is 13.6 Å². The van der Waals surface area contributed by atoms with Crippen molar-refractivity contribution < 1.29 is 18.7 Å². The van der Waals surface area contributed by atoms with Gasteiger partial charge in [-0.2, -0.15) is 0 Å². The lowest BCUT2D eigenvalue weighted by molar-refractivity contribution is -0.135. The van der Waals surface area contributed by atoms with Crippen LogP contribution in [0.25, 0.3) is 5.70 Å². The predicted molar refractivity (Wildman–Crippen MR) is 51.0 cm³/mol. The van der Waals surface area contributed by atoms with Crippen molar-refractivity contribution in [3.63, 3.8) is 0 Å². The van der Waals surface area contributed by atoms with E-state index in [1.54, 1.807) is 0 Å². The van der Waals surface area contributed by atoms with Gasteiger partial charge in [-0.3, -0.25) is 4.79 Å². The Balaban J connectivity index is 2.86. The highest BCUT2D eigenvalue weighted by Gasteiger charge is 2.11. The molecule has 0 saturated carbocycles. The van der Waals surface area contributed by atoms with Gasteiger partial charge in [0.15, 0.2) is 0 Å². The quantitative estimate of drug-likeness (QED) is 0.798. The minimum atomic E-state index is -1.13. The predicted octanol–water partition coefficient (Wildman–Crippen LogP) is 1.61. The van der Waals surface area contributed by atoms with Crippen LogP contribution < -0.4 is 5.32 Å². The molecule has 0 atom stereocenters. The number of benzene rings is 1. The van der Waals surface area contributed by atoms with Crippen molar-refractivity contribution in [2.24, 2.45) is 0 Å². The first kappa shape index (κ1) is 11.2. The van der Waals surface area contributed by atoms with Crippen LogP contribution in [0.1, 0.15) is 5.56 Å². The standard InChI is InChI=1S/C10H9F2NO2/c1-6(13-5-9(14)15)10-7(11)3-2-4-8(10)12/h2-4,13H,1,5H2,(H,14,15). The van der Waals surface area contributed by atoms with Gasteiger partial charge in [-0.05, 0) is 12.1 Å². The summed E-state index contributed by atoms with van der Waals surface area (Å²) in [5.74, 6) is -2.69. The summed E-state index contributed by atoms with van der Waals surface area (Å²) in [7, 11) is 0. The summed E-state index contributed by atoms with van der Waals surface area (Å²) >= 11 is 0. The van der Waals surface area contributed by atoms with Crippen LogP contribution in [0.15, 0.2) is 24.8 Å². The SMILES string of the molecule is C=C(NCC(=O)O)c1c(F)cccc1F. The van der Waals surface area contributed by atoms with Gasteiger partial charge in [0.25, 0.3) is 0 Å². The van der Waals surface area contributed by atoms with Crippen LogP contribution >= 0.6 is 0 Å². The Hall–Kier alpha value is -1.91. The molecule has 5 heteroatoms. The van der Waals surface area contributed by atoms with E-state index in [-0.39, 0.29) is 11.3 Å². The summed E-state index contributed by atoms with van der Waals surface area (Å²) in [6, 6.07) is 3.37. The molecule has 1 rings (SSSR count). The molecule has 0 aliphatic carbocycles. The van der Waals surface area contributed by atoms with Crippen molar-refractivity contribution in [1.82, 2.24) is 5.32 Å². The second kappa shape index (κ2) is 4.54. The normalized spacial score (nSPS) is 9.73. The average molecular weight is 213 g/mol. The van der Waals surface area contributed by atoms with Gasteiger partial charge in [-0.25, -0.2) is 8.78 Å². The van der Waals surface area contributed by atoms with E-state index in [4.69, 9.17) is 5.11 Å². The van der Waals surface area contributed by atoms with Crippen LogP contribution in [0, 0.1) is 11.6 Å². The van der Waals surface area contributed by atoms with Crippen LogP contribution in [-0.2, 0) is 4.79 Å². The van der Waals surface area contributed by atoms with Gasteiger partial charge in [-0.1, -0.05) is 12.6 Å². The highest BCUT2D eigenvalue weighted by Crippen LogP contribution is 2.17. The number of nitrogens with one attached hydrogen (secondary N) is 1. The van der Waals surface area contributed by atoms with Crippen LogP contribution in [-0.4, -0.2) is 17.6 Å². The molecule has 0 fully saturated rings. The van der Waals surface area contributed by atoms with E-state index in [0.29, 0.717) is 0 Å². The Bertz CT molecular complexity index is 384. The molecule has 0 aliphatic rings. The third kappa shape index (κ3) is 2.77. The Kier molecular flexibility index (Phi) is 3.38. The van der Waals surface area contributed by atoms with Gasteiger partial charge >= 0.3 is 5.97 Å². The molecule has 0 bridgehead atoms. The molecular formula is C10H9F2NO2. The summed E-state index contributed by atoms with van der Waals surface area (Å²) in [4.78, 5) is 10.2. The maximum atomic E-state index is 13.1. The number of carboxylic acids is 1. The topological polar surface area (TPSA) is 49.3 Å². The second-order valence-electron chi connectivity index (χ2n) is 2.82. The van der Waals surface area contributed by atoms with Crippen molar-refractivity contribution in [3.05, 3.63) is 42.0 Å². The maximum absolute atomic E-state index is 13.1. The van der Waals surface area contributed by atoms with Crippen LogP contribution in [0.4, 0.5) is 8.78 Å². The molecule has 1 aromatic rings. The molecule has 0 unspecified atom stereocenters. The largest absolute Gasteiger partial charge is 0.480 e. The monoisotopic (exact) mass is 213 g/mol. The molecule has 1 aromatic carbocycles. The highest BCUT2D eigenvalue weighted by molar-refractivity contribution is 5.73. The molecule has 15 heavy (non-hydrogen) atoms. The summed E-state index contributed by atoms with van der Waals surface area (Å²) in [6.07, 6.45) is 0. The van der Waals surface area contributed by atoms with Crippen molar-refractivity contribution in [3.8, 4) is 0 Å². The number of hydrogen-bond donors (Lipinski definition) is 2. The lowest BCUT2D eigenvalue weighted by atomic mass is 10.1. The molecule has 0 aliphatic heterocycles. The second-order valence-corrected chi connectivity index (χ2v) is 2.82. The van der Waals surface area contributed by atoms with Gasteiger partial charge in [0.1, 0.15) is 18.2 Å². The Morgan fingerprint density at radius 2 is 1.93 bits per heavy atom. The molecule has 0 heterocycles. The van der Waals surface area contributed by atoms with E-state index in [2.05, 4.69) is 11.9 Å². The minimum Gasteiger partial charge on any atom is -0.480 e. The number of halogens is 2. The van der Waals surface area contributed by atoms with E-state index < -0.39 is 24.1 Å². The summed E-state index contributed by atoms with van der Waals surface area (Å²) < 4.78 is 26.3. The fourth-order valence-electron chi connectivity index (χ4n) is 1.06.